The van der Waals surface area contributed by atoms with E-state index < -0.39 is 0 Å². The first-order chi connectivity index (χ1) is 6.27. The largest absolute Gasteiger partial charge is 0.295 e. The number of ketones is 1. The van der Waals surface area contributed by atoms with Crippen molar-refractivity contribution in [2.24, 2.45) is 0 Å². The first-order valence-corrected chi connectivity index (χ1v) is 5.43. The van der Waals surface area contributed by atoms with E-state index >= 15 is 0 Å². The Morgan fingerprint density at radius 3 is 2.85 bits per heavy atom. The van der Waals surface area contributed by atoms with Crippen LogP contribution in [0.2, 0.25) is 0 Å². The molecule has 13 heavy (non-hydrogen) atoms. The molecule has 0 aliphatic heterocycles. The van der Waals surface area contributed by atoms with Crippen molar-refractivity contribution in [3.05, 3.63) is 28.0 Å². The van der Waals surface area contributed by atoms with Crippen LogP contribution < -0.4 is 0 Å². The molecule has 0 amide bonds. The molecule has 0 saturated carbocycles. The van der Waals surface area contributed by atoms with Crippen LogP contribution >= 0.6 is 11.3 Å². The monoisotopic (exact) mass is 192 g/mol. The van der Waals surface area contributed by atoms with E-state index in [1.54, 1.807) is 11.3 Å². The third kappa shape index (κ3) is 1.73. The van der Waals surface area contributed by atoms with E-state index in [2.05, 4.69) is 18.4 Å². The number of carbonyl (C=O) groups is 1. The molecule has 0 atom stereocenters. The molecule has 1 aromatic rings. The van der Waals surface area contributed by atoms with E-state index in [0.29, 0.717) is 0 Å². The van der Waals surface area contributed by atoms with Gasteiger partial charge < -0.3 is 0 Å². The van der Waals surface area contributed by atoms with Gasteiger partial charge in [0.25, 0.3) is 0 Å². The summed E-state index contributed by atoms with van der Waals surface area (Å²) in [5.74, 6) is 0.286. The lowest BCUT2D eigenvalue weighted by Crippen LogP contribution is -2.01. The minimum Gasteiger partial charge on any atom is -0.295 e. The molecule has 68 valence electrons. The summed E-state index contributed by atoms with van der Waals surface area (Å²) in [6.45, 7) is 2.10. The highest BCUT2D eigenvalue weighted by atomic mass is 32.1. The minimum absolute atomic E-state index is 0.286. The molecule has 1 nitrogen and oxygen atoms in total. The zero-order valence-electron chi connectivity index (χ0n) is 7.67. The molecular weight excluding hydrogens is 180 g/mol. The van der Waals surface area contributed by atoms with Gasteiger partial charge in [-0.3, -0.25) is 4.79 Å². The number of carbonyl (C=O) groups excluding carboxylic acids is 1. The van der Waals surface area contributed by atoms with E-state index in [1.807, 2.05) is 6.08 Å². The number of rotatable bonds is 1. The van der Waals surface area contributed by atoms with Crippen molar-refractivity contribution in [3.8, 4) is 0 Å². The predicted molar refractivity (Wildman–Crippen MR) is 55.9 cm³/mol. The van der Waals surface area contributed by atoms with Crippen LogP contribution in [0.25, 0.3) is 5.57 Å². The lowest BCUT2D eigenvalue weighted by molar-refractivity contribution is -0.114. The van der Waals surface area contributed by atoms with Crippen LogP contribution in [0.4, 0.5) is 0 Å². The van der Waals surface area contributed by atoms with E-state index in [9.17, 15) is 4.79 Å². The summed E-state index contributed by atoms with van der Waals surface area (Å²) in [4.78, 5) is 12.5. The smallest absolute Gasteiger partial charge is 0.156 e. The molecule has 0 fully saturated rings. The fourth-order valence-corrected chi connectivity index (χ4v) is 2.65. The number of thiophene rings is 1. The molecule has 0 bridgehead atoms. The Balaban J connectivity index is 2.36. The summed E-state index contributed by atoms with van der Waals surface area (Å²) in [6, 6.07) is 2.11. The normalized spacial score (nSPS) is 17.3. The fourth-order valence-electron chi connectivity index (χ4n) is 1.67. The van der Waals surface area contributed by atoms with Crippen LogP contribution in [0.1, 0.15) is 29.7 Å². The van der Waals surface area contributed by atoms with Gasteiger partial charge in [0, 0.05) is 11.3 Å². The molecular formula is C11H12OS. The van der Waals surface area contributed by atoms with Crippen molar-refractivity contribution >= 4 is 22.7 Å². The molecule has 1 aliphatic carbocycles. The Morgan fingerprint density at radius 1 is 1.38 bits per heavy atom. The number of allylic oxidation sites excluding steroid dienone is 2. The van der Waals surface area contributed by atoms with Gasteiger partial charge in [-0.2, -0.15) is 0 Å². The molecule has 0 aromatic carbocycles. The van der Waals surface area contributed by atoms with Gasteiger partial charge in [-0.05, 0) is 48.4 Å². The summed E-state index contributed by atoms with van der Waals surface area (Å²) < 4.78 is 0. The van der Waals surface area contributed by atoms with Gasteiger partial charge in [0.05, 0.1) is 0 Å². The Labute approximate surface area is 82.1 Å². The Hall–Kier alpha value is -0.890. The van der Waals surface area contributed by atoms with Gasteiger partial charge in [-0.25, -0.2) is 0 Å². The predicted octanol–water partition coefficient (Wildman–Crippen LogP) is 3.19. The Morgan fingerprint density at radius 2 is 2.23 bits per heavy atom. The zero-order valence-corrected chi connectivity index (χ0v) is 8.49. The summed E-state index contributed by atoms with van der Waals surface area (Å²) >= 11 is 1.74. The summed E-state index contributed by atoms with van der Waals surface area (Å²) in [5.41, 5.74) is 2.54. The lowest BCUT2D eigenvalue weighted by Gasteiger charge is -2.10. The van der Waals surface area contributed by atoms with E-state index in [1.165, 1.54) is 16.0 Å². The highest BCUT2D eigenvalue weighted by molar-refractivity contribution is 7.11. The summed E-state index contributed by atoms with van der Waals surface area (Å²) in [7, 11) is 0. The van der Waals surface area contributed by atoms with Gasteiger partial charge in [-0.15, -0.1) is 11.3 Å². The molecule has 1 heterocycles. The molecule has 0 radical (unpaired) electrons. The van der Waals surface area contributed by atoms with Gasteiger partial charge >= 0.3 is 0 Å². The summed E-state index contributed by atoms with van der Waals surface area (Å²) in [5, 5.41) is 2.09. The van der Waals surface area contributed by atoms with Crippen molar-refractivity contribution in [1.82, 2.24) is 0 Å². The highest BCUT2D eigenvalue weighted by Crippen LogP contribution is 2.31. The fraction of sp³-hybridized carbons (Fsp3) is 0.364. The average Bonchev–Trinajstić information content (AvgIpc) is 2.51. The number of hydrogen-bond donors (Lipinski definition) is 0. The Bertz CT molecular complexity index is 360. The maximum Gasteiger partial charge on any atom is 0.156 e. The first-order valence-electron chi connectivity index (χ1n) is 4.55. The van der Waals surface area contributed by atoms with Gasteiger partial charge in [0.1, 0.15) is 0 Å². The average molecular weight is 192 g/mol. The second-order valence-corrected chi connectivity index (χ2v) is 4.34. The topological polar surface area (TPSA) is 17.1 Å². The molecule has 0 saturated heterocycles. The molecule has 2 rings (SSSR count). The van der Waals surface area contributed by atoms with E-state index in [-0.39, 0.29) is 5.78 Å². The van der Waals surface area contributed by atoms with Crippen molar-refractivity contribution in [2.75, 3.05) is 0 Å². The SMILES string of the molecule is Cc1ccsc1C1=CC(=O)CCC1. The number of hydrogen-bond acceptors (Lipinski definition) is 2. The highest BCUT2D eigenvalue weighted by Gasteiger charge is 2.13. The van der Waals surface area contributed by atoms with Crippen LogP contribution in [0.5, 0.6) is 0 Å². The van der Waals surface area contributed by atoms with Gasteiger partial charge in [-0.1, -0.05) is 0 Å². The quantitative estimate of drug-likeness (QED) is 0.667. The second-order valence-electron chi connectivity index (χ2n) is 3.42. The van der Waals surface area contributed by atoms with E-state index in [4.69, 9.17) is 0 Å². The van der Waals surface area contributed by atoms with E-state index in [0.717, 1.165) is 19.3 Å². The zero-order chi connectivity index (χ0) is 9.26. The summed E-state index contributed by atoms with van der Waals surface area (Å²) in [6.07, 6.45) is 4.63. The van der Waals surface area contributed by atoms with Crippen LogP contribution in [-0.4, -0.2) is 5.78 Å². The van der Waals surface area contributed by atoms with Crippen LogP contribution in [0.3, 0.4) is 0 Å². The minimum atomic E-state index is 0.286. The standard InChI is InChI=1S/C11H12OS/c1-8-5-6-13-11(8)9-3-2-4-10(12)7-9/h5-7H,2-4H2,1H3. The maximum atomic E-state index is 11.2. The van der Waals surface area contributed by atoms with Crippen LogP contribution in [0.15, 0.2) is 17.5 Å². The molecule has 0 spiro atoms. The molecule has 1 aromatic heterocycles. The maximum absolute atomic E-state index is 11.2. The first kappa shape index (κ1) is 8.70. The number of aryl methyl sites for hydroxylation is 1. The van der Waals surface area contributed by atoms with Crippen molar-refractivity contribution in [2.45, 2.75) is 26.2 Å². The van der Waals surface area contributed by atoms with Crippen LogP contribution in [-0.2, 0) is 4.79 Å². The molecule has 0 N–H and O–H groups in total. The molecule has 0 unspecified atom stereocenters. The lowest BCUT2D eigenvalue weighted by atomic mass is 9.96. The van der Waals surface area contributed by atoms with Crippen LogP contribution in [0, 0.1) is 6.92 Å². The van der Waals surface area contributed by atoms with Gasteiger partial charge in [0.2, 0.25) is 0 Å². The third-order valence-electron chi connectivity index (χ3n) is 2.36. The second kappa shape index (κ2) is 3.46. The third-order valence-corrected chi connectivity index (χ3v) is 3.45. The molecule has 1 aliphatic rings. The van der Waals surface area contributed by atoms with Crippen molar-refractivity contribution in [1.29, 1.82) is 0 Å². The van der Waals surface area contributed by atoms with Gasteiger partial charge in [0.15, 0.2) is 5.78 Å². The van der Waals surface area contributed by atoms with Crippen molar-refractivity contribution < 1.29 is 4.79 Å². The molecule has 2 heteroatoms. The Kier molecular flexibility index (Phi) is 2.32. The van der Waals surface area contributed by atoms with Crippen molar-refractivity contribution in [3.63, 3.8) is 0 Å².